The van der Waals surface area contributed by atoms with Gasteiger partial charge in [0.15, 0.2) is 0 Å². The minimum Gasteiger partial charge on any atom is -0.321 e. The van der Waals surface area contributed by atoms with Crippen molar-refractivity contribution >= 4 is 11.4 Å². The second kappa shape index (κ2) is 4.17. The largest absolute Gasteiger partial charge is 0.321 e. The van der Waals surface area contributed by atoms with E-state index in [1.165, 1.54) is 6.92 Å². The van der Waals surface area contributed by atoms with Crippen LogP contribution in [0.4, 0.5) is 20.2 Å². The molecule has 1 aromatic carbocycles. The number of hydrogen-bond donors (Lipinski definition) is 1. The van der Waals surface area contributed by atoms with Crippen LogP contribution in [-0.2, 0) is 5.54 Å². The lowest BCUT2D eigenvalue weighted by atomic mass is 9.68. The third kappa shape index (κ3) is 2.20. The molecular weight excluding hydrogens is 276 g/mol. The van der Waals surface area contributed by atoms with Crippen LogP contribution in [0.25, 0.3) is 0 Å². The molecule has 7 nitrogen and oxygen atoms in total. The number of nitrogens with zero attached hydrogens (tertiary/aromatic N) is 2. The second-order valence-electron chi connectivity index (χ2n) is 5.02. The van der Waals surface area contributed by atoms with Crippen molar-refractivity contribution in [3.05, 3.63) is 43.5 Å². The maximum atomic E-state index is 13.0. The van der Waals surface area contributed by atoms with E-state index in [2.05, 4.69) is 0 Å². The van der Waals surface area contributed by atoms with Crippen molar-refractivity contribution < 1.29 is 18.6 Å². The Morgan fingerprint density at radius 2 is 1.75 bits per heavy atom. The number of rotatable bonds is 3. The van der Waals surface area contributed by atoms with Gasteiger partial charge in [0.1, 0.15) is 0 Å². The maximum absolute atomic E-state index is 13.0. The van der Waals surface area contributed by atoms with E-state index in [0.29, 0.717) is 0 Å². The molecule has 1 aromatic rings. The molecule has 0 atom stereocenters. The molecular formula is C11H11F2N3O4. The highest BCUT2D eigenvalue weighted by molar-refractivity contribution is 5.56. The van der Waals surface area contributed by atoms with Gasteiger partial charge in [-0.2, -0.15) is 0 Å². The van der Waals surface area contributed by atoms with Crippen LogP contribution < -0.4 is 5.73 Å². The van der Waals surface area contributed by atoms with E-state index in [-0.39, 0.29) is 11.1 Å². The molecule has 9 heteroatoms. The molecule has 20 heavy (non-hydrogen) atoms. The van der Waals surface area contributed by atoms with Crippen LogP contribution in [0.2, 0.25) is 0 Å². The number of non-ortho nitro benzene ring substituents is 1. The lowest BCUT2D eigenvalue weighted by Crippen LogP contribution is -2.55. The fourth-order valence-corrected chi connectivity index (χ4v) is 2.56. The smallest absolute Gasteiger partial charge is 0.279 e. The van der Waals surface area contributed by atoms with Crippen molar-refractivity contribution in [3.8, 4) is 0 Å². The van der Waals surface area contributed by atoms with Gasteiger partial charge in [-0.1, -0.05) is 0 Å². The third-order valence-electron chi connectivity index (χ3n) is 3.46. The van der Waals surface area contributed by atoms with Crippen LogP contribution in [0.15, 0.2) is 12.1 Å². The summed E-state index contributed by atoms with van der Waals surface area (Å²) in [7, 11) is 0. The van der Waals surface area contributed by atoms with E-state index in [4.69, 9.17) is 5.73 Å². The molecule has 0 saturated heterocycles. The molecule has 1 fully saturated rings. The first-order valence-electron chi connectivity index (χ1n) is 5.66. The Morgan fingerprint density at radius 1 is 1.20 bits per heavy atom. The van der Waals surface area contributed by atoms with Gasteiger partial charge in [0.05, 0.1) is 21.5 Å². The monoisotopic (exact) mass is 287 g/mol. The van der Waals surface area contributed by atoms with E-state index < -0.39 is 45.5 Å². The number of alkyl halides is 2. The number of nitro groups is 2. The molecule has 0 unspecified atom stereocenters. The van der Waals surface area contributed by atoms with Crippen molar-refractivity contribution in [2.24, 2.45) is 5.73 Å². The molecule has 1 saturated carbocycles. The van der Waals surface area contributed by atoms with E-state index in [9.17, 15) is 29.0 Å². The fourth-order valence-electron chi connectivity index (χ4n) is 2.56. The van der Waals surface area contributed by atoms with Gasteiger partial charge in [0.2, 0.25) is 0 Å². The van der Waals surface area contributed by atoms with Crippen LogP contribution in [0.3, 0.4) is 0 Å². The van der Waals surface area contributed by atoms with Crippen molar-refractivity contribution in [1.29, 1.82) is 0 Å². The zero-order chi connectivity index (χ0) is 15.3. The maximum Gasteiger partial charge on any atom is 0.279 e. The van der Waals surface area contributed by atoms with Crippen molar-refractivity contribution in [3.63, 3.8) is 0 Å². The van der Waals surface area contributed by atoms with Gasteiger partial charge in [0, 0.05) is 24.5 Å². The first kappa shape index (κ1) is 14.3. The van der Waals surface area contributed by atoms with Crippen LogP contribution in [0.1, 0.15) is 24.0 Å². The van der Waals surface area contributed by atoms with Crippen molar-refractivity contribution in [2.45, 2.75) is 31.2 Å². The molecule has 2 rings (SSSR count). The number of hydrogen-bond acceptors (Lipinski definition) is 5. The summed E-state index contributed by atoms with van der Waals surface area (Å²) in [5, 5.41) is 21.7. The highest BCUT2D eigenvalue weighted by Crippen LogP contribution is 2.51. The normalized spacial score (nSPS) is 19.2. The number of halogens is 2. The summed E-state index contributed by atoms with van der Waals surface area (Å²) in [6.45, 7) is 1.35. The summed E-state index contributed by atoms with van der Waals surface area (Å²) in [6.07, 6.45) is -1.36. The Balaban J connectivity index is 2.58. The number of nitro benzene ring substituents is 2. The number of nitrogens with two attached hydrogens (primary N) is 1. The van der Waals surface area contributed by atoms with Gasteiger partial charge in [-0.15, -0.1) is 0 Å². The Labute approximate surface area is 111 Å². The molecule has 0 aliphatic heterocycles. The summed E-state index contributed by atoms with van der Waals surface area (Å²) < 4.78 is 26.0. The predicted octanol–water partition coefficient (Wildman–Crippen LogP) is 2.39. The molecule has 0 radical (unpaired) electrons. The van der Waals surface area contributed by atoms with Crippen molar-refractivity contribution in [1.82, 2.24) is 0 Å². The molecule has 0 spiro atoms. The van der Waals surface area contributed by atoms with Crippen LogP contribution in [0.5, 0.6) is 0 Å². The lowest BCUT2D eigenvalue weighted by molar-refractivity contribution is -0.394. The average molecular weight is 287 g/mol. The highest BCUT2D eigenvalue weighted by atomic mass is 19.3. The Kier molecular flexibility index (Phi) is 2.97. The Hall–Kier alpha value is -2.16. The summed E-state index contributed by atoms with van der Waals surface area (Å²) in [6, 6.07) is 1.84. The van der Waals surface area contributed by atoms with Crippen LogP contribution in [-0.4, -0.2) is 15.8 Å². The lowest BCUT2D eigenvalue weighted by Gasteiger charge is -2.45. The van der Waals surface area contributed by atoms with Crippen molar-refractivity contribution in [2.75, 3.05) is 0 Å². The second-order valence-corrected chi connectivity index (χ2v) is 5.02. The molecule has 108 valence electrons. The average Bonchev–Trinajstić information content (AvgIpc) is 2.25. The molecule has 0 bridgehead atoms. The summed E-state index contributed by atoms with van der Waals surface area (Å²) in [5.41, 5.74) is 3.44. The van der Waals surface area contributed by atoms with E-state index in [1.807, 2.05) is 0 Å². The van der Waals surface area contributed by atoms with Crippen LogP contribution in [0, 0.1) is 27.2 Å². The van der Waals surface area contributed by atoms with Gasteiger partial charge < -0.3 is 5.73 Å². The fraction of sp³-hybridized carbons (Fsp3) is 0.455. The topological polar surface area (TPSA) is 112 Å². The molecule has 0 heterocycles. The molecule has 2 N–H and O–H groups in total. The third-order valence-corrected chi connectivity index (χ3v) is 3.46. The van der Waals surface area contributed by atoms with E-state index in [1.54, 1.807) is 0 Å². The standard InChI is InChI=1S/C11H11F2N3O4/c1-6-8(10(14)4-11(12,13)5-10)2-7(15(17)18)3-9(6)16(19)20/h2-3H,4-5,14H2,1H3. The first-order chi connectivity index (χ1) is 9.06. The summed E-state index contributed by atoms with van der Waals surface area (Å²) in [4.78, 5) is 20.1. The molecule has 1 aliphatic rings. The van der Waals surface area contributed by atoms with Gasteiger partial charge >= 0.3 is 0 Å². The Bertz CT molecular complexity index is 610. The predicted molar refractivity (Wildman–Crippen MR) is 64.5 cm³/mol. The first-order valence-corrected chi connectivity index (χ1v) is 5.66. The van der Waals surface area contributed by atoms with Gasteiger partial charge in [-0.3, -0.25) is 20.2 Å². The zero-order valence-corrected chi connectivity index (χ0v) is 10.4. The molecule has 0 aromatic heterocycles. The van der Waals surface area contributed by atoms with E-state index in [0.717, 1.165) is 12.1 Å². The highest BCUT2D eigenvalue weighted by Gasteiger charge is 2.56. The summed E-state index contributed by atoms with van der Waals surface area (Å²) >= 11 is 0. The summed E-state index contributed by atoms with van der Waals surface area (Å²) in [5.74, 6) is -2.94. The van der Waals surface area contributed by atoms with Crippen LogP contribution >= 0.6 is 0 Å². The molecule has 0 amide bonds. The van der Waals surface area contributed by atoms with E-state index >= 15 is 0 Å². The number of benzene rings is 1. The minimum absolute atomic E-state index is 0.0318. The minimum atomic E-state index is -2.94. The van der Waals surface area contributed by atoms with Gasteiger partial charge in [-0.05, 0) is 12.5 Å². The quantitative estimate of drug-likeness (QED) is 0.677. The molecule has 1 aliphatic carbocycles. The SMILES string of the molecule is Cc1c([N+](=O)[O-])cc([N+](=O)[O-])cc1C1(N)CC(F)(F)C1. The van der Waals surface area contributed by atoms with Gasteiger partial charge in [-0.25, -0.2) is 8.78 Å². The zero-order valence-electron chi connectivity index (χ0n) is 10.4. The van der Waals surface area contributed by atoms with Gasteiger partial charge in [0.25, 0.3) is 17.3 Å². The Morgan fingerprint density at radius 3 is 2.15 bits per heavy atom.